The van der Waals surface area contributed by atoms with Crippen molar-refractivity contribution in [2.24, 2.45) is 0 Å². The van der Waals surface area contributed by atoms with Crippen LogP contribution in [0.4, 0.5) is 13.2 Å². The second-order valence-corrected chi connectivity index (χ2v) is 4.46. The molecule has 1 aromatic rings. The lowest BCUT2D eigenvalue weighted by molar-refractivity contribution is -0.141. The van der Waals surface area contributed by atoms with Crippen LogP contribution < -0.4 is 5.56 Å². The van der Waals surface area contributed by atoms with Crippen molar-refractivity contribution in [3.05, 3.63) is 33.7 Å². The van der Waals surface area contributed by atoms with Crippen LogP contribution in [-0.2, 0) is 6.18 Å². The van der Waals surface area contributed by atoms with Crippen molar-refractivity contribution in [1.82, 2.24) is 9.88 Å². The van der Waals surface area contributed by atoms with Crippen LogP contribution in [0.15, 0.2) is 16.9 Å². The molecule has 1 aliphatic rings. The molecule has 0 bridgehead atoms. The van der Waals surface area contributed by atoms with Crippen molar-refractivity contribution in [3.8, 4) is 0 Å². The van der Waals surface area contributed by atoms with E-state index in [2.05, 4.69) is 0 Å². The number of aliphatic hydroxyl groups is 2. The van der Waals surface area contributed by atoms with Gasteiger partial charge in [0.15, 0.2) is 0 Å². The predicted molar refractivity (Wildman–Crippen MR) is 60.0 cm³/mol. The largest absolute Gasteiger partial charge is 0.431 e. The summed E-state index contributed by atoms with van der Waals surface area (Å²) in [5, 5.41) is 18.6. The van der Waals surface area contributed by atoms with Crippen LogP contribution in [0.3, 0.4) is 0 Å². The van der Waals surface area contributed by atoms with E-state index in [1.165, 1.54) is 0 Å². The lowest BCUT2D eigenvalue weighted by Gasteiger charge is -2.15. The van der Waals surface area contributed by atoms with Gasteiger partial charge in [0.2, 0.25) is 0 Å². The molecule has 1 fully saturated rings. The van der Waals surface area contributed by atoms with E-state index in [-0.39, 0.29) is 13.1 Å². The number of nitrogens with zero attached hydrogens (tertiary/aromatic N) is 1. The number of carbonyl (C=O) groups is 1. The maximum Gasteiger partial charge on any atom is 0.431 e. The molecule has 1 aromatic heterocycles. The number of alkyl halides is 3. The number of hydrogen-bond acceptors (Lipinski definition) is 4. The van der Waals surface area contributed by atoms with Gasteiger partial charge in [-0.15, -0.1) is 0 Å². The minimum Gasteiger partial charge on any atom is -0.388 e. The highest BCUT2D eigenvalue weighted by molar-refractivity contribution is 5.94. The van der Waals surface area contributed by atoms with Crippen LogP contribution in [0.2, 0.25) is 0 Å². The summed E-state index contributed by atoms with van der Waals surface area (Å²) in [5.74, 6) is -0.837. The minimum atomic E-state index is -4.71. The minimum absolute atomic E-state index is 0.180. The van der Waals surface area contributed by atoms with Gasteiger partial charge in [0.1, 0.15) is 11.3 Å². The molecule has 9 heteroatoms. The summed E-state index contributed by atoms with van der Waals surface area (Å²) in [6.45, 7) is -0.360. The van der Waals surface area contributed by atoms with Gasteiger partial charge in [0, 0.05) is 13.1 Å². The number of halogens is 3. The highest BCUT2D eigenvalue weighted by Crippen LogP contribution is 2.26. The fourth-order valence-corrected chi connectivity index (χ4v) is 1.91. The molecule has 0 aliphatic carbocycles. The number of aromatic nitrogens is 1. The van der Waals surface area contributed by atoms with Crippen LogP contribution in [0.1, 0.15) is 16.1 Å². The number of aromatic amines is 1. The molecule has 2 atom stereocenters. The zero-order valence-corrected chi connectivity index (χ0v) is 10.0. The van der Waals surface area contributed by atoms with Gasteiger partial charge in [-0.05, 0) is 12.1 Å². The topological polar surface area (TPSA) is 93.6 Å². The van der Waals surface area contributed by atoms with E-state index in [0.29, 0.717) is 6.07 Å². The van der Waals surface area contributed by atoms with Crippen molar-refractivity contribution >= 4 is 5.91 Å². The van der Waals surface area contributed by atoms with Gasteiger partial charge in [-0.3, -0.25) is 9.59 Å². The van der Waals surface area contributed by atoms with Crippen LogP contribution in [0, 0.1) is 0 Å². The molecule has 0 saturated carbocycles. The van der Waals surface area contributed by atoms with Crippen LogP contribution >= 0.6 is 0 Å². The summed E-state index contributed by atoms with van der Waals surface area (Å²) in [6, 6.07) is 1.37. The first-order chi connectivity index (χ1) is 9.20. The van der Waals surface area contributed by atoms with E-state index >= 15 is 0 Å². The van der Waals surface area contributed by atoms with Crippen molar-refractivity contribution in [2.45, 2.75) is 18.4 Å². The standard InChI is InChI=1S/C11H11F3N2O4/c12-11(13,14)8-2-1-5(9(19)15-8)10(20)16-3-6(17)7(18)4-16/h1-2,6-7,17-18H,3-4H2,(H,15,19)/t6-,7+. The van der Waals surface area contributed by atoms with Gasteiger partial charge in [-0.2, -0.15) is 13.2 Å². The molecule has 0 unspecified atom stereocenters. The molecule has 3 N–H and O–H groups in total. The molecule has 1 amide bonds. The van der Waals surface area contributed by atoms with E-state index in [1.54, 1.807) is 4.98 Å². The van der Waals surface area contributed by atoms with Gasteiger partial charge in [0.05, 0.1) is 12.2 Å². The first-order valence-corrected chi connectivity index (χ1v) is 5.66. The zero-order chi connectivity index (χ0) is 15.1. The van der Waals surface area contributed by atoms with E-state index in [0.717, 1.165) is 11.0 Å². The van der Waals surface area contributed by atoms with Gasteiger partial charge in [0.25, 0.3) is 11.5 Å². The molecule has 0 aromatic carbocycles. The number of β-amino-alcohol motifs (C(OH)–C–C–N with tert-alkyl or cyclic N) is 2. The molecule has 6 nitrogen and oxygen atoms in total. The number of amides is 1. The summed E-state index contributed by atoms with van der Waals surface area (Å²) >= 11 is 0. The second kappa shape index (κ2) is 4.91. The van der Waals surface area contributed by atoms with Crippen LogP contribution in [-0.4, -0.2) is 51.3 Å². The molecule has 1 aliphatic heterocycles. The third-order valence-electron chi connectivity index (χ3n) is 2.99. The van der Waals surface area contributed by atoms with Gasteiger partial charge in [-0.1, -0.05) is 0 Å². The normalized spacial score (nSPS) is 23.1. The number of nitrogens with one attached hydrogen (secondary N) is 1. The Morgan fingerprint density at radius 1 is 1.25 bits per heavy atom. The van der Waals surface area contributed by atoms with Crippen molar-refractivity contribution in [1.29, 1.82) is 0 Å². The molecule has 2 rings (SSSR count). The van der Waals surface area contributed by atoms with E-state index in [9.17, 15) is 33.0 Å². The molecular weight excluding hydrogens is 281 g/mol. The lowest BCUT2D eigenvalue weighted by Crippen LogP contribution is -2.34. The SMILES string of the molecule is O=C(c1ccc(C(F)(F)F)[nH]c1=O)N1C[C@@H](O)[C@@H](O)C1. The molecule has 0 spiro atoms. The Morgan fingerprint density at radius 2 is 1.80 bits per heavy atom. The first kappa shape index (κ1) is 14.5. The summed E-state index contributed by atoms with van der Waals surface area (Å²) < 4.78 is 37.1. The molecule has 110 valence electrons. The zero-order valence-electron chi connectivity index (χ0n) is 10.0. The molecule has 20 heavy (non-hydrogen) atoms. The van der Waals surface area contributed by atoms with Gasteiger partial charge >= 0.3 is 6.18 Å². The van der Waals surface area contributed by atoms with Crippen molar-refractivity contribution in [2.75, 3.05) is 13.1 Å². The second-order valence-electron chi connectivity index (χ2n) is 4.46. The predicted octanol–water partition coefficient (Wildman–Crippen LogP) is -0.429. The highest BCUT2D eigenvalue weighted by atomic mass is 19.4. The quantitative estimate of drug-likeness (QED) is 0.655. The highest BCUT2D eigenvalue weighted by Gasteiger charge is 2.35. The average molecular weight is 292 g/mol. The molecule has 1 saturated heterocycles. The summed E-state index contributed by atoms with van der Waals surface area (Å²) in [5.41, 5.74) is -2.89. The molecule has 2 heterocycles. The number of likely N-dealkylation sites (tertiary alicyclic amines) is 1. The summed E-state index contributed by atoms with van der Waals surface area (Å²) in [4.78, 5) is 26.0. The van der Waals surface area contributed by atoms with Gasteiger partial charge < -0.3 is 20.1 Å². The van der Waals surface area contributed by atoms with Gasteiger partial charge in [-0.25, -0.2) is 0 Å². The molecule has 0 radical (unpaired) electrons. The fourth-order valence-electron chi connectivity index (χ4n) is 1.91. The summed E-state index contributed by atoms with van der Waals surface area (Å²) in [6.07, 6.45) is -6.97. The smallest absolute Gasteiger partial charge is 0.388 e. The molecular formula is C11H11F3N2O4. The fraction of sp³-hybridized carbons (Fsp3) is 0.455. The number of pyridine rings is 1. The Balaban J connectivity index is 2.26. The summed E-state index contributed by atoms with van der Waals surface area (Å²) in [7, 11) is 0. The average Bonchev–Trinajstić information content (AvgIpc) is 2.67. The van der Waals surface area contributed by atoms with Crippen LogP contribution in [0.5, 0.6) is 0 Å². The monoisotopic (exact) mass is 292 g/mol. The third-order valence-corrected chi connectivity index (χ3v) is 2.99. The van der Waals surface area contributed by atoms with Crippen molar-refractivity contribution in [3.63, 3.8) is 0 Å². The number of carbonyl (C=O) groups excluding carboxylic acids is 1. The van der Waals surface area contributed by atoms with Crippen LogP contribution in [0.25, 0.3) is 0 Å². The van der Waals surface area contributed by atoms with E-state index in [4.69, 9.17) is 0 Å². The maximum absolute atomic E-state index is 12.4. The number of hydrogen-bond donors (Lipinski definition) is 3. The Bertz CT molecular complexity index is 574. The third kappa shape index (κ3) is 2.68. The van der Waals surface area contributed by atoms with E-state index < -0.39 is 41.1 Å². The maximum atomic E-state index is 12.4. The Hall–Kier alpha value is -1.87. The first-order valence-electron chi connectivity index (χ1n) is 5.66. The Morgan fingerprint density at radius 3 is 2.25 bits per heavy atom. The number of aliphatic hydroxyl groups excluding tert-OH is 2. The van der Waals surface area contributed by atoms with Crippen molar-refractivity contribution < 1.29 is 28.2 Å². The van der Waals surface area contributed by atoms with E-state index in [1.807, 2.05) is 0 Å². The Kier molecular flexibility index (Phi) is 3.57. The Labute approximate surface area is 110 Å². The number of rotatable bonds is 1. The lowest BCUT2D eigenvalue weighted by atomic mass is 10.2. The number of H-pyrrole nitrogens is 1.